The number of furan rings is 1. The Morgan fingerprint density at radius 1 is 1.39 bits per heavy atom. The van der Waals surface area contributed by atoms with Crippen LogP contribution in [0.15, 0.2) is 34.9 Å². The highest BCUT2D eigenvalue weighted by Crippen LogP contribution is 2.23. The molecule has 0 fully saturated rings. The van der Waals surface area contributed by atoms with Crippen molar-refractivity contribution in [1.29, 1.82) is 0 Å². The van der Waals surface area contributed by atoms with E-state index in [0.29, 0.717) is 19.6 Å². The zero-order chi connectivity index (χ0) is 16.0. The summed E-state index contributed by atoms with van der Waals surface area (Å²) in [5.41, 5.74) is 1.88. The fourth-order valence-electron chi connectivity index (χ4n) is 3.11. The summed E-state index contributed by atoms with van der Waals surface area (Å²) in [6.07, 6.45) is 1.65. The SMILES string of the molecule is Cc1nnc2n1CC(C(=O)O)N(Cc1ccc3occc3c1)C2. The van der Waals surface area contributed by atoms with Crippen LogP contribution in [-0.2, 0) is 24.4 Å². The summed E-state index contributed by atoms with van der Waals surface area (Å²) >= 11 is 0. The molecule has 2 aromatic heterocycles. The van der Waals surface area contributed by atoms with Crippen LogP contribution in [0.4, 0.5) is 0 Å². The van der Waals surface area contributed by atoms with Crippen molar-refractivity contribution in [1.82, 2.24) is 19.7 Å². The van der Waals surface area contributed by atoms with E-state index in [-0.39, 0.29) is 0 Å². The van der Waals surface area contributed by atoms with Crippen LogP contribution < -0.4 is 0 Å². The number of nitrogens with zero attached hydrogens (tertiary/aromatic N) is 4. The third-order valence-corrected chi connectivity index (χ3v) is 4.34. The number of fused-ring (bicyclic) bond motifs is 2. The van der Waals surface area contributed by atoms with Crippen LogP contribution >= 0.6 is 0 Å². The fraction of sp³-hybridized carbons (Fsp3) is 0.312. The van der Waals surface area contributed by atoms with Gasteiger partial charge in [0.05, 0.1) is 19.4 Å². The Bertz CT molecular complexity index is 882. The van der Waals surface area contributed by atoms with Crippen LogP contribution in [0, 0.1) is 6.92 Å². The van der Waals surface area contributed by atoms with Gasteiger partial charge in [-0.1, -0.05) is 6.07 Å². The topological polar surface area (TPSA) is 84.4 Å². The van der Waals surface area contributed by atoms with Gasteiger partial charge in [-0.05, 0) is 30.7 Å². The first kappa shape index (κ1) is 14.0. The molecule has 1 aliphatic heterocycles. The Morgan fingerprint density at radius 3 is 3.09 bits per heavy atom. The van der Waals surface area contributed by atoms with Crippen molar-refractivity contribution in [3.63, 3.8) is 0 Å². The van der Waals surface area contributed by atoms with E-state index < -0.39 is 12.0 Å². The predicted octanol–water partition coefficient (Wildman–Crippen LogP) is 1.80. The molecule has 0 saturated heterocycles. The second-order valence-corrected chi connectivity index (χ2v) is 5.83. The zero-order valence-electron chi connectivity index (χ0n) is 12.6. The van der Waals surface area contributed by atoms with Gasteiger partial charge < -0.3 is 14.1 Å². The summed E-state index contributed by atoms with van der Waals surface area (Å²) in [5.74, 6) is 0.739. The zero-order valence-corrected chi connectivity index (χ0v) is 12.6. The predicted molar refractivity (Wildman–Crippen MR) is 81.6 cm³/mol. The molecule has 0 bridgehead atoms. The summed E-state index contributed by atoms with van der Waals surface area (Å²) in [5, 5.41) is 18.8. The van der Waals surface area contributed by atoms with Crippen LogP contribution in [-0.4, -0.2) is 36.8 Å². The Labute approximate surface area is 132 Å². The maximum absolute atomic E-state index is 11.7. The third kappa shape index (κ3) is 2.39. The molecule has 1 N–H and O–H groups in total. The number of carbonyl (C=O) groups is 1. The number of aliphatic carboxylic acids is 1. The van der Waals surface area contributed by atoms with E-state index in [2.05, 4.69) is 10.2 Å². The minimum Gasteiger partial charge on any atom is -0.480 e. The van der Waals surface area contributed by atoms with Crippen molar-refractivity contribution < 1.29 is 14.3 Å². The Balaban J connectivity index is 1.64. The molecule has 23 heavy (non-hydrogen) atoms. The van der Waals surface area contributed by atoms with E-state index >= 15 is 0 Å². The van der Waals surface area contributed by atoms with E-state index in [1.165, 1.54) is 0 Å². The lowest BCUT2D eigenvalue weighted by atomic mass is 10.1. The minimum absolute atomic E-state index is 0.372. The van der Waals surface area contributed by atoms with Crippen molar-refractivity contribution in [3.8, 4) is 0 Å². The molecule has 0 amide bonds. The summed E-state index contributed by atoms with van der Waals surface area (Å²) in [6, 6.07) is 7.23. The maximum Gasteiger partial charge on any atom is 0.322 e. The standard InChI is InChI=1S/C16H16N4O3/c1-10-17-18-15-9-19(13(16(21)22)8-20(10)15)7-11-2-3-14-12(6-11)4-5-23-14/h2-6,13H,7-9H2,1H3,(H,21,22). The van der Waals surface area contributed by atoms with Gasteiger partial charge in [0.15, 0.2) is 0 Å². The number of carboxylic acids is 1. The molecule has 118 valence electrons. The molecule has 0 spiro atoms. The number of benzene rings is 1. The van der Waals surface area contributed by atoms with Crippen LogP contribution in [0.2, 0.25) is 0 Å². The molecule has 0 aliphatic carbocycles. The number of aryl methyl sites for hydroxylation is 1. The first-order chi connectivity index (χ1) is 11.1. The van der Waals surface area contributed by atoms with Crippen molar-refractivity contribution in [2.24, 2.45) is 0 Å². The largest absolute Gasteiger partial charge is 0.480 e. The van der Waals surface area contributed by atoms with Gasteiger partial charge >= 0.3 is 5.97 Å². The molecule has 1 unspecified atom stereocenters. The number of aromatic nitrogens is 3. The Hall–Kier alpha value is -2.67. The Morgan fingerprint density at radius 2 is 2.26 bits per heavy atom. The van der Waals surface area contributed by atoms with Gasteiger partial charge in [-0.15, -0.1) is 10.2 Å². The third-order valence-electron chi connectivity index (χ3n) is 4.34. The lowest BCUT2D eigenvalue weighted by Crippen LogP contribution is -2.47. The minimum atomic E-state index is -0.826. The van der Waals surface area contributed by atoms with Gasteiger partial charge in [-0.3, -0.25) is 9.69 Å². The van der Waals surface area contributed by atoms with Crippen LogP contribution in [0.25, 0.3) is 11.0 Å². The molecule has 7 heteroatoms. The van der Waals surface area contributed by atoms with Crippen LogP contribution in [0.5, 0.6) is 0 Å². The molecular weight excluding hydrogens is 296 g/mol. The molecule has 0 radical (unpaired) electrons. The van der Waals surface area contributed by atoms with Crippen molar-refractivity contribution in [2.45, 2.75) is 32.6 Å². The summed E-state index contributed by atoms with van der Waals surface area (Å²) in [4.78, 5) is 13.6. The second kappa shape index (κ2) is 5.20. The molecule has 1 aliphatic rings. The van der Waals surface area contributed by atoms with Crippen LogP contribution in [0.3, 0.4) is 0 Å². The lowest BCUT2D eigenvalue weighted by molar-refractivity contribution is -0.145. The number of hydrogen-bond donors (Lipinski definition) is 1. The number of carboxylic acid groups (broad SMARTS) is 1. The van der Waals surface area contributed by atoms with Crippen LogP contribution in [0.1, 0.15) is 17.2 Å². The number of hydrogen-bond acceptors (Lipinski definition) is 5. The van der Waals surface area contributed by atoms with E-state index in [1.807, 2.05) is 40.7 Å². The highest BCUT2D eigenvalue weighted by Gasteiger charge is 2.33. The van der Waals surface area contributed by atoms with Crippen molar-refractivity contribution >= 4 is 16.9 Å². The van der Waals surface area contributed by atoms with E-state index in [1.54, 1.807) is 6.26 Å². The molecule has 3 aromatic rings. The fourth-order valence-corrected chi connectivity index (χ4v) is 3.11. The van der Waals surface area contributed by atoms with Crippen molar-refractivity contribution in [3.05, 3.63) is 47.7 Å². The quantitative estimate of drug-likeness (QED) is 0.794. The molecule has 3 heterocycles. The molecule has 7 nitrogen and oxygen atoms in total. The van der Waals surface area contributed by atoms with E-state index in [9.17, 15) is 9.90 Å². The maximum atomic E-state index is 11.7. The van der Waals surface area contributed by atoms with Gasteiger partial charge in [0.2, 0.25) is 0 Å². The molecule has 0 saturated carbocycles. The average Bonchev–Trinajstić information content (AvgIpc) is 3.13. The first-order valence-electron chi connectivity index (χ1n) is 7.43. The highest BCUT2D eigenvalue weighted by molar-refractivity contribution is 5.77. The monoisotopic (exact) mass is 312 g/mol. The summed E-state index contributed by atoms with van der Waals surface area (Å²) in [6.45, 7) is 3.24. The normalized spacial score (nSPS) is 18.2. The van der Waals surface area contributed by atoms with E-state index in [0.717, 1.165) is 28.2 Å². The molecule has 1 aromatic carbocycles. The van der Waals surface area contributed by atoms with E-state index in [4.69, 9.17) is 4.42 Å². The van der Waals surface area contributed by atoms with Gasteiger partial charge in [0.1, 0.15) is 23.3 Å². The highest BCUT2D eigenvalue weighted by atomic mass is 16.4. The molecule has 1 atom stereocenters. The van der Waals surface area contributed by atoms with Gasteiger partial charge in [-0.2, -0.15) is 0 Å². The second-order valence-electron chi connectivity index (χ2n) is 5.83. The molecule has 4 rings (SSSR count). The lowest BCUT2D eigenvalue weighted by Gasteiger charge is -2.33. The molecular formula is C16H16N4O3. The number of rotatable bonds is 3. The van der Waals surface area contributed by atoms with Gasteiger partial charge in [0.25, 0.3) is 0 Å². The van der Waals surface area contributed by atoms with Crippen molar-refractivity contribution in [2.75, 3.05) is 0 Å². The average molecular weight is 312 g/mol. The summed E-state index contributed by atoms with van der Waals surface area (Å²) < 4.78 is 7.23. The smallest absolute Gasteiger partial charge is 0.322 e. The van der Waals surface area contributed by atoms with Gasteiger partial charge in [-0.25, -0.2) is 0 Å². The summed E-state index contributed by atoms with van der Waals surface area (Å²) in [7, 11) is 0. The van der Waals surface area contributed by atoms with Gasteiger partial charge in [0, 0.05) is 11.9 Å². The first-order valence-corrected chi connectivity index (χ1v) is 7.43. The Kier molecular flexibility index (Phi) is 3.16.